The number of rotatable bonds is 1. The van der Waals surface area contributed by atoms with Gasteiger partial charge >= 0.3 is 0 Å². The van der Waals surface area contributed by atoms with Crippen molar-refractivity contribution >= 4 is 11.7 Å². The van der Waals surface area contributed by atoms with Crippen LogP contribution in [0.4, 0.5) is 14.6 Å². The highest BCUT2D eigenvalue weighted by molar-refractivity contribution is 5.89. The van der Waals surface area contributed by atoms with Gasteiger partial charge in [-0.2, -0.15) is 13.9 Å². The number of carbonyl (C=O) groups excluding carboxylic acids is 1. The number of amides is 1. The fourth-order valence-corrected chi connectivity index (χ4v) is 2.33. The molecule has 1 amide bonds. The van der Waals surface area contributed by atoms with Crippen molar-refractivity contribution < 1.29 is 13.6 Å². The van der Waals surface area contributed by atoms with Crippen molar-refractivity contribution in [2.24, 2.45) is 5.92 Å². The van der Waals surface area contributed by atoms with E-state index in [2.05, 4.69) is 15.5 Å². The van der Waals surface area contributed by atoms with Crippen molar-refractivity contribution in [2.75, 3.05) is 5.32 Å². The number of carbonyl (C=O) groups is 1. The molecule has 0 bridgehead atoms. The molecule has 4 nitrogen and oxygen atoms in total. The standard InChI is InChI=1S/C9H9F2N3O/c1-3(15)12-8-6-4-2-5(4)9(10,11)7(6)13-14-8/h4-5H,2H2,1H3,(H2,12,13,14,15)/t4-,5+/m0/s1. The monoisotopic (exact) mass is 213 g/mol. The second-order valence-electron chi connectivity index (χ2n) is 4.11. The number of halogens is 2. The van der Waals surface area contributed by atoms with E-state index in [1.165, 1.54) is 6.92 Å². The zero-order valence-electron chi connectivity index (χ0n) is 7.97. The van der Waals surface area contributed by atoms with Gasteiger partial charge in [-0.15, -0.1) is 0 Å². The van der Waals surface area contributed by atoms with Crippen LogP contribution in [0, 0.1) is 5.92 Å². The predicted octanol–water partition coefficient (Wildman–Crippen LogP) is 1.58. The summed E-state index contributed by atoms with van der Waals surface area (Å²) in [5, 5.41) is 8.51. The lowest BCUT2D eigenvalue weighted by atomic mass is 10.1. The van der Waals surface area contributed by atoms with Gasteiger partial charge in [-0.1, -0.05) is 0 Å². The largest absolute Gasteiger partial charge is 0.309 e. The third-order valence-electron chi connectivity index (χ3n) is 3.06. The summed E-state index contributed by atoms with van der Waals surface area (Å²) in [6.07, 6.45) is 0.492. The van der Waals surface area contributed by atoms with Crippen LogP contribution in [0.3, 0.4) is 0 Å². The first-order valence-corrected chi connectivity index (χ1v) is 4.76. The molecule has 80 valence electrons. The van der Waals surface area contributed by atoms with Crippen molar-refractivity contribution in [3.8, 4) is 0 Å². The molecule has 1 heterocycles. The maximum Gasteiger partial charge on any atom is 0.292 e. The fraction of sp³-hybridized carbons (Fsp3) is 0.556. The molecule has 0 aromatic carbocycles. The number of anilines is 1. The third kappa shape index (κ3) is 0.989. The average Bonchev–Trinajstić information content (AvgIpc) is 2.76. The minimum Gasteiger partial charge on any atom is -0.309 e. The van der Waals surface area contributed by atoms with E-state index in [1.807, 2.05) is 0 Å². The Bertz CT molecular complexity index is 454. The molecule has 1 saturated carbocycles. The van der Waals surface area contributed by atoms with Gasteiger partial charge in [-0.3, -0.25) is 9.89 Å². The van der Waals surface area contributed by atoms with Crippen LogP contribution in [-0.4, -0.2) is 16.1 Å². The first-order valence-electron chi connectivity index (χ1n) is 4.76. The second kappa shape index (κ2) is 2.37. The molecule has 1 aromatic heterocycles. The van der Waals surface area contributed by atoms with Gasteiger partial charge in [0, 0.05) is 18.4 Å². The molecular formula is C9H9F2N3O. The zero-order chi connectivity index (χ0) is 10.8. The molecular weight excluding hydrogens is 204 g/mol. The Balaban J connectivity index is 2.06. The summed E-state index contributed by atoms with van der Waals surface area (Å²) >= 11 is 0. The zero-order valence-corrected chi connectivity index (χ0v) is 7.97. The van der Waals surface area contributed by atoms with Gasteiger partial charge in [0.25, 0.3) is 5.92 Å². The number of aromatic amines is 1. The van der Waals surface area contributed by atoms with E-state index in [0.717, 1.165) is 0 Å². The molecule has 1 fully saturated rings. The van der Waals surface area contributed by atoms with Gasteiger partial charge < -0.3 is 5.32 Å². The van der Waals surface area contributed by atoms with Gasteiger partial charge in [0.1, 0.15) is 5.69 Å². The van der Waals surface area contributed by atoms with E-state index in [4.69, 9.17) is 0 Å². The predicted molar refractivity (Wildman–Crippen MR) is 47.6 cm³/mol. The Morgan fingerprint density at radius 3 is 3.07 bits per heavy atom. The molecule has 0 radical (unpaired) electrons. The number of hydrogen-bond donors (Lipinski definition) is 2. The Kier molecular flexibility index (Phi) is 1.39. The highest BCUT2D eigenvalue weighted by Crippen LogP contribution is 2.67. The summed E-state index contributed by atoms with van der Waals surface area (Å²) in [4.78, 5) is 10.8. The minimum absolute atomic E-state index is 0.118. The third-order valence-corrected chi connectivity index (χ3v) is 3.06. The maximum absolute atomic E-state index is 13.5. The topological polar surface area (TPSA) is 57.8 Å². The van der Waals surface area contributed by atoms with Gasteiger partial charge in [0.15, 0.2) is 5.82 Å². The Morgan fingerprint density at radius 1 is 1.67 bits per heavy atom. The van der Waals surface area contributed by atoms with E-state index in [9.17, 15) is 13.6 Å². The van der Waals surface area contributed by atoms with E-state index >= 15 is 0 Å². The molecule has 2 aliphatic carbocycles. The summed E-state index contributed by atoms with van der Waals surface area (Å²) in [6, 6.07) is 0. The number of nitrogens with one attached hydrogen (secondary N) is 2. The fourth-order valence-electron chi connectivity index (χ4n) is 2.33. The van der Waals surface area contributed by atoms with E-state index < -0.39 is 11.8 Å². The first-order chi connectivity index (χ1) is 7.01. The van der Waals surface area contributed by atoms with E-state index in [1.54, 1.807) is 0 Å². The molecule has 2 atom stereocenters. The quantitative estimate of drug-likeness (QED) is 0.744. The highest BCUT2D eigenvalue weighted by atomic mass is 19.3. The molecule has 0 saturated heterocycles. The normalized spacial score (nSPS) is 29.5. The maximum atomic E-state index is 13.5. The highest BCUT2D eigenvalue weighted by Gasteiger charge is 2.66. The Hall–Kier alpha value is -1.46. The second-order valence-corrected chi connectivity index (χ2v) is 4.11. The van der Waals surface area contributed by atoms with Gasteiger partial charge in [0.2, 0.25) is 5.91 Å². The molecule has 3 rings (SSSR count). The SMILES string of the molecule is CC(=O)Nc1n[nH]c2c1[C@H]1C[C@H]1C2(F)F. The van der Waals surface area contributed by atoms with Gasteiger partial charge in [-0.05, 0) is 12.3 Å². The van der Waals surface area contributed by atoms with Crippen LogP contribution in [0.5, 0.6) is 0 Å². The van der Waals surface area contributed by atoms with Crippen LogP contribution < -0.4 is 5.32 Å². The summed E-state index contributed by atoms with van der Waals surface area (Å²) in [7, 11) is 0. The summed E-state index contributed by atoms with van der Waals surface area (Å²) in [5.74, 6) is -3.55. The molecule has 15 heavy (non-hydrogen) atoms. The van der Waals surface area contributed by atoms with Crippen LogP contribution in [0.1, 0.15) is 30.5 Å². The van der Waals surface area contributed by atoms with E-state index in [0.29, 0.717) is 12.0 Å². The summed E-state index contributed by atoms with van der Waals surface area (Å²) < 4.78 is 27.1. The van der Waals surface area contributed by atoms with Crippen LogP contribution in [0.25, 0.3) is 0 Å². The molecule has 0 spiro atoms. The number of alkyl halides is 2. The van der Waals surface area contributed by atoms with Crippen molar-refractivity contribution in [3.63, 3.8) is 0 Å². The smallest absolute Gasteiger partial charge is 0.292 e. The van der Waals surface area contributed by atoms with Crippen molar-refractivity contribution in [3.05, 3.63) is 11.3 Å². The lowest BCUT2D eigenvalue weighted by molar-refractivity contribution is -0.114. The number of fused-ring (bicyclic) bond motifs is 3. The number of hydrogen-bond acceptors (Lipinski definition) is 2. The molecule has 2 aliphatic rings. The first kappa shape index (κ1) is 8.82. The molecule has 2 N–H and O–H groups in total. The molecule has 0 unspecified atom stereocenters. The summed E-state index contributed by atoms with van der Waals surface area (Å²) in [5.41, 5.74) is 0.382. The molecule has 6 heteroatoms. The van der Waals surface area contributed by atoms with Crippen LogP contribution in [0.15, 0.2) is 0 Å². The van der Waals surface area contributed by atoms with Crippen LogP contribution >= 0.6 is 0 Å². The van der Waals surface area contributed by atoms with Crippen molar-refractivity contribution in [2.45, 2.75) is 25.2 Å². The number of aromatic nitrogens is 2. The van der Waals surface area contributed by atoms with Crippen LogP contribution in [0.2, 0.25) is 0 Å². The average molecular weight is 213 g/mol. The Morgan fingerprint density at radius 2 is 2.40 bits per heavy atom. The Labute approximate surface area is 84.0 Å². The van der Waals surface area contributed by atoms with Crippen LogP contribution in [-0.2, 0) is 10.7 Å². The number of nitrogens with zero attached hydrogens (tertiary/aromatic N) is 1. The van der Waals surface area contributed by atoms with E-state index in [-0.39, 0.29) is 23.3 Å². The number of H-pyrrole nitrogens is 1. The lowest BCUT2D eigenvalue weighted by Gasteiger charge is -2.09. The van der Waals surface area contributed by atoms with Crippen molar-refractivity contribution in [1.29, 1.82) is 0 Å². The van der Waals surface area contributed by atoms with Crippen molar-refractivity contribution in [1.82, 2.24) is 10.2 Å². The molecule has 0 aliphatic heterocycles. The van der Waals surface area contributed by atoms with Gasteiger partial charge in [0.05, 0.1) is 0 Å². The summed E-state index contributed by atoms with van der Waals surface area (Å²) in [6.45, 7) is 1.33. The molecule has 1 aromatic rings. The minimum atomic E-state index is -2.80. The van der Waals surface area contributed by atoms with Gasteiger partial charge in [-0.25, -0.2) is 0 Å². The lowest BCUT2D eigenvalue weighted by Crippen LogP contribution is -2.14.